The van der Waals surface area contributed by atoms with Gasteiger partial charge in [0.15, 0.2) is 0 Å². The molecule has 0 aliphatic rings. The zero-order valence-electron chi connectivity index (χ0n) is 16.0. The summed E-state index contributed by atoms with van der Waals surface area (Å²) in [6.07, 6.45) is 1.23. The molecule has 25 heavy (non-hydrogen) atoms. The smallest absolute Gasteiger partial charge is 0.227 e. The van der Waals surface area contributed by atoms with Gasteiger partial charge in [-0.25, -0.2) is 0 Å². The summed E-state index contributed by atoms with van der Waals surface area (Å²) < 4.78 is 5.71. The van der Waals surface area contributed by atoms with Crippen LogP contribution in [0.1, 0.15) is 50.8 Å². The molecule has 3 nitrogen and oxygen atoms in total. The van der Waals surface area contributed by atoms with Crippen LogP contribution in [0.25, 0.3) is 0 Å². The fourth-order valence-corrected chi connectivity index (χ4v) is 2.72. The van der Waals surface area contributed by atoms with Gasteiger partial charge in [-0.2, -0.15) is 0 Å². The molecule has 2 aromatic carbocycles. The standard InChI is InChI=1S/C22H29NO2/c1-6-17-9-7-8-16(2)21(17)23-20(24)14-15-25-19-12-10-18(11-13-19)22(3,4)5/h7-13H,6,14-15H2,1-5H3,(H,23,24). The number of benzene rings is 2. The molecule has 0 heterocycles. The first-order valence-corrected chi connectivity index (χ1v) is 8.93. The number of aryl methyl sites for hydroxylation is 2. The third kappa shape index (κ3) is 5.35. The topological polar surface area (TPSA) is 38.3 Å². The molecule has 134 valence electrons. The average Bonchev–Trinajstić information content (AvgIpc) is 2.56. The van der Waals surface area contributed by atoms with Crippen LogP contribution < -0.4 is 10.1 Å². The number of ether oxygens (including phenoxy) is 1. The molecule has 0 fully saturated rings. The predicted molar refractivity (Wildman–Crippen MR) is 104 cm³/mol. The predicted octanol–water partition coefficient (Wildman–Crippen LogP) is 5.26. The quantitative estimate of drug-likeness (QED) is 0.779. The van der Waals surface area contributed by atoms with Crippen LogP contribution in [0.3, 0.4) is 0 Å². The van der Waals surface area contributed by atoms with Crippen LogP contribution >= 0.6 is 0 Å². The van der Waals surface area contributed by atoms with Crippen LogP contribution in [-0.2, 0) is 16.6 Å². The molecular weight excluding hydrogens is 310 g/mol. The Hall–Kier alpha value is -2.29. The van der Waals surface area contributed by atoms with E-state index in [0.717, 1.165) is 29.0 Å². The second kappa shape index (κ2) is 8.19. The van der Waals surface area contributed by atoms with Crippen molar-refractivity contribution in [2.75, 3.05) is 11.9 Å². The van der Waals surface area contributed by atoms with E-state index in [9.17, 15) is 4.79 Å². The van der Waals surface area contributed by atoms with E-state index in [2.05, 4.69) is 51.2 Å². The third-order valence-electron chi connectivity index (χ3n) is 4.32. The Balaban J connectivity index is 1.87. The van der Waals surface area contributed by atoms with E-state index in [-0.39, 0.29) is 11.3 Å². The minimum Gasteiger partial charge on any atom is -0.493 e. The number of carbonyl (C=O) groups is 1. The zero-order valence-corrected chi connectivity index (χ0v) is 16.0. The van der Waals surface area contributed by atoms with E-state index < -0.39 is 0 Å². The number of hydrogen-bond acceptors (Lipinski definition) is 2. The first-order chi connectivity index (χ1) is 11.8. The van der Waals surface area contributed by atoms with Crippen molar-refractivity contribution in [2.45, 2.75) is 52.9 Å². The van der Waals surface area contributed by atoms with E-state index in [0.29, 0.717) is 13.0 Å². The van der Waals surface area contributed by atoms with E-state index in [1.165, 1.54) is 5.56 Å². The lowest BCUT2D eigenvalue weighted by Gasteiger charge is -2.19. The van der Waals surface area contributed by atoms with Crippen LogP contribution in [0.2, 0.25) is 0 Å². The molecule has 0 aliphatic carbocycles. The molecule has 3 heteroatoms. The van der Waals surface area contributed by atoms with Crippen LogP contribution in [0.5, 0.6) is 5.75 Å². The fourth-order valence-electron chi connectivity index (χ4n) is 2.72. The van der Waals surface area contributed by atoms with E-state index in [1.807, 2.05) is 31.2 Å². The Kier molecular flexibility index (Phi) is 6.24. The number of hydrogen-bond donors (Lipinski definition) is 1. The normalized spacial score (nSPS) is 11.2. The lowest BCUT2D eigenvalue weighted by Crippen LogP contribution is -2.17. The number of anilines is 1. The highest BCUT2D eigenvalue weighted by Crippen LogP contribution is 2.24. The molecule has 0 atom stereocenters. The maximum Gasteiger partial charge on any atom is 0.227 e. The summed E-state index contributed by atoms with van der Waals surface area (Å²) in [7, 11) is 0. The van der Waals surface area contributed by atoms with Crippen molar-refractivity contribution in [3.05, 3.63) is 59.2 Å². The molecule has 0 radical (unpaired) electrons. The van der Waals surface area contributed by atoms with Gasteiger partial charge in [0.1, 0.15) is 5.75 Å². The Morgan fingerprint density at radius 2 is 1.76 bits per heavy atom. The lowest BCUT2D eigenvalue weighted by molar-refractivity contribution is -0.116. The number of amides is 1. The Bertz CT molecular complexity index is 712. The van der Waals surface area contributed by atoms with Gasteiger partial charge < -0.3 is 10.1 Å². The van der Waals surface area contributed by atoms with Gasteiger partial charge in [-0.05, 0) is 47.6 Å². The fraction of sp³-hybridized carbons (Fsp3) is 0.409. The number of nitrogens with one attached hydrogen (secondary N) is 1. The van der Waals surface area contributed by atoms with Crippen molar-refractivity contribution in [3.8, 4) is 5.75 Å². The largest absolute Gasteiger partial charge is 0.493 e. The summed E-state index contributed by atoms with van der Waals surface area (Å²) in [5.41, 5.74) is 4.58. The van der Waals surface area contributed by atoms with Crippen LogP contribution in [0.15, 0.2) is 42.5 Å². The Morgan fingerprint density at radius 1 is 1.08 bits per heavy atom. The molecule has 0 saturated heterocycles. The highest BCUT2D eigenvalue weighted by atomic mass is 16.5. The zero-order chi connectivity index (χ0) is 18.4. The average molecular weight is 339 g/mol. The summed E-state index contributed by atoms with van der Waals surface area (Å²) in [6, 6.07) is 14.2. The van der Waals surface area contributed by atoms with Gasteiger partial charge in [0.05, 0.1) is 13.0 Å². The second-order valence-electron chi connectivity index (χ2n) is 7.38. The molecule has 0 unspecified atom stereocenters. The second-order valence-corrected chi connectivity index (χ2v) is 7.38. The molecule has 0 aromatic heterocycles. The summed E-state index contributed by atoms with van der Waals surface area (Å²) in [6.45, 7) is 11.0. The van der Waals surface area contributed by atoms with Crippen molar-refractivity contribution in [3.63, 3.8) is 0 Å². The summed E-state index contributed by atoms with van der Waals surface area (Å²) in [5, 5.41) is 3.03. The highest BCUT2D eigenvalue weighted by Gasteiger charge is 2.13. The van der Waals surface area contributed by atoms with Gasteiger partial charge in [0.25, 0.3) is 0 Å². The van der Waals surface area contributed by atoms with Crippen molar-refractivity contribution in [1.29, 1.82) is 0 Å². The first-order valence-electron chi connectivity index (χ1n) is 8.93. The van der Waals surface area contributed by atoms with Gasteiger partial charge in [-0.3, -0.25) is 4.79 Å². The Labute approximate surface area is 151 Å². The molecule has 2 rings (SSSR count). The highest BCUT2D eigenvalue weighted by molar-refractivity contribution is 5.92. The maximum absolute atomic E-state index is 12.2. The SMILES string of the molecule is CCc1cccc(C)c1NC(=O)CCOc1ccc(C(C)(C)C)cc1. The number of rotatable bonds is 6. The number of carbonyl (C=O) groups excluding carboxylic acids is 1. The maximum atomic E-state index is 12.2. The van der Waals surface area contributed by atoms with Crippen LogP contribution in [0, 0.1) is 6.92 Å². The van der Waals surface area contributed by atoms with Crippen molar-refractivity contribution >= 4 is 11.6 Å². The van der Waals surface area contributed by atoms with Gasteiger partial charge in [0, 0.05) is 5.69 Å². The summed E-state index contributed by atoms with van der Waals surface area (Å²) >= 11 is 0. The van der Waals surface area contributed by atoms with Gasteiger partial charge >= 0.3 is 0 Å². The van der Waals surface area contributed by atoms with Crippen molar-refractivity contribution in [2.24, 2.45) is 0 Å². The van der Waals surface area contributed by atoms with Gasteiger partial charge in [-0.1, -0.05) is 58.0 Å². The molecule has 0 saturated carbocycles. The first kappa shape index (κ1) is 19.0. The number of para-hydroxylation sites is 1. The van der Waals surface area contributed by atoms with Crippen molar-refractivity contribution < 1.29 is 9.53 Å². The molecule has 1 N–H and O–H groups in total. The van der Waals surface area contributed by atoms with E-state index >= 15 is 0 Å². The molecule has 2 aromatic rings. The molecule has 1 amide bonds. The van der Waals surface area contributed by atoms with E-state index in [1.54, 1.807) is 0 Å². The van der Waals surface area contributed by atoms with Crippen LogP contribution in [0.4, 0.5) is 5.69 Å². The summed E-state index contributed by atoms with van der Waals surface area (Å²) in [4.78, 5) is 12.2. The van der Waals surface area contributed by atoms with Gasteiger partial charge in [0.2, 0.25) is 5.91 Å². The Morgan fingerprint density at radius 3 is 2.36 bits per heavy atom. The summed E-state index contributed by atoms with van der Waals surface area (Å²) in [5.74, 6) is 0.779. The lowest BCUT2D eigenvalue weighted by atomic mass is 9.87. The monoisotopic (exact) mass is 339 g/mol. The molecule has 0 bridgehead atoms. The molecular formula is C22H29NO2. The minimum absolute atomic E-state index is 0.0182. The van der Waals surface area contributed by atoms with E-state index in [4.69, 9.17) is 4.74 Å². The van der Waals surface area contributed by atoms with Crippen LogP contribution in [-0.4, -0.2) is 12.5 Å². The minimum atomic E-state index is -0.0182. The van der Waals surface area contributed by atoms with Crippen molar-refractivity contribution in [1.82, 2.24) is 0 Å². The third-order valence-corrected chi connectivity index (χ3v) is 4.32. The van der Waals surface area contributed by atoms with Gasteiger partial charge in [-0.15, -0.1) is 0 Å². The molecule has 0 aliphatic heterocycles. The molecule has 0 spiro atoms.